The van der Waals surface area contributed by atoms with Gasteiger partial charge in [0.1, 0.15) is 0 Å². The Morgan fingerprint density at radius 3 is 2.52 bits per heavy atom. The highest BCUT2D eigenvalue weighted by Gasteiger charge is 2.20. The molecule has 0 saturated heterocycles. The Labute approximate surface area is 142 Å². The second kappa shape index (κ2) is 7.26. The van der Waals surface area contributed by atoms with Crippen LogP contribution in [0.15, 0.2) is 29.6 Å². The summed E-state index contributed by atoms with van der Waals surface area (Å²) in [5, 5.41) is 6.40. The number of nitrogens with zero attached hydrogens (tertiary/aromatic N) is 1. The zero-order valence-electron chi connectivity index (χ0n) is 13.8. The molecule has 0 atom stereocenters. The van der Waals surface area contributed by atoms with Crippen molar-refractivity contribution in [2.45, 2.75) is 52.0 Å². The summed E-state index contributed by atoms with van der Waals surface area (Å²) in [6.45, 7) is 4.40. The maximum absolute atomic E-state index is 12.4. The summed E-state index contributed by atoms with van der Waals surface area (Å²) in [7, 11) is 0. The molecular formula is C19H24N2OS. The standard InChI is InChI=1S/C19H24N2OS/c1-3-18-21-17(12-23-18)14-6-8-15(9-7-14)19(22)20-16-10-4-13(2)5-11-16/h6-9,12-13,16H,3-5,10-11H2,1-2H3,(H,20,22). The summed E-state index contributed by atoms with van der Waals surface area (Å²) in [4.78, 5) is 17.0. The zero-order valence-corrected chi connectivity index (χ0v) is 14.7. The van der Waals surface area contributed by atoms with Crippen LogP contribution in [-0.4, -0.2) is 16.9 Å². The number of thiazole rings is 1. The molecule has 1 saturated carbocycles. The van der Waals surface area contributed by atoms with Gasteiger partial charge in [-0.15, -0.1) is 11.3 Å². The molecule has 1 fully saturated rings. The minimum Gasteiger partial charge on any atom is -0.349 e. The topological polar surface area (TPSA) is 42.0 Å². The summed E-state index contributed by atoms with van der Waals surface area (Å²) in [5.74, 6) is 0.845. The Balaban J connectivity index is 1.63. The minimum atomic E-state index is 0.0450. The molecule has 1 aliphatic carbocycles. The van der Waals surface area contributed by atoms with Crippen LogP contribution in [-0.2, 0) is 6.42 Å². The quantitative estimate of drug-likeness (QED) is 0.885. The van der Waals surface area contributed by atoms with Crippen molar-refractivity contribution in [1.82, 2.24) is 10.3 Å². The van der Waals surface area contributed by atoms with Crippen LogP contribution in [0.2, 0.25) is 0 Å². The summed E-state index contributed by atoms with van der Waals surface area (Å²) < 4.78 is 0. The third kappa shape index (κ3) is 3.99. The molecule has 1 aromatic carbocycles. The Morgan fingerprint density at radius 2 is 1.91 bits per heavy atom. The smallest absolute Gasteiger partial charge is 0.251 e. The monoisotopic (exact) mass is 328 g/mol. The predicted octanol–water partition coefficient (Wildman–Crippen LogP) is 4.68. The lowest BCUT2D eigenvalue weighted by atomic mass is 9.87. The fourth-order valence-electron chi connectivity index (χ4n) is 3.07. The maximum atomic E-state index is 12.4. The van der Waals surface area contributed by atoms with Gasteiger partial charge < -0.3 is 5.32 Å². The number of carbonyl (C=O) groups is 1. The molecule has 0 unspecified atom stereocenters. The average Bonchev–Trinajstić information content (AvgIpc) is 3.06. The number of benzene rings is 1. The second-order valence-electron chi connectivity index (χ2n) is 6.49. The summed E-state index contributed by atoms with van der Waals surface area (Å²) >= 11 is 1.69. The molecular weight excluding hydrogens is 304 g/mol. The molecule has 3 nitrogen and oxygen atoms in total. The molecule has 3 rings (SSSR count). The molecule has 0 aliphatic heterocycles. The molecule has 0 bridgehead atoms. The largest absolute Gasteiger partial charge is 0.349 e. The predicted molar refractivity (Wildman–Crippen MR) is 95.8 cm³/mol. The number of aromatic nitrogens is 1. The molecule has 1 amide bonds. The van der Waals surface area contributed by atoms with E-state index in [2.05, 4.69) is 29.5 Å². The van der Waals surface area contributed by atoms with Crippen LogP contribution in [0.3, 0.4) is 0 Å². The van der Waals surface area contributed by atoms with Crippen LogP contribution in [0.25, 0.3) is 11.3 Å². The van der Waals surface area contributed by atoms with E-state index >= 15 is 0 Å². The molecule has 4 heteroatoms. The van der Waals surface area contributed by atoms with Crippen molar-refractivity contribution in [2.24, 2.45) is 5.92 Å². The minimum absolute atomic E-state index is 0.0450. The number of rotatable bonds is 4. The van der Waals surface area contributed by atoms with Crippen LogP contribution in [0.1, 0.15) is 54.9 Å². The molecule has 1 aliphatic rings. The molecule has 1 heterocycles. The van der Waals surface area contributed by atoms with Crippen molar-refractivity contribution in [3.63, 3.8) is 0 Å². The van der Waals surface area contributed by atoms with Gasteiger partial charge >= 0.3 is 0 Å². The summed E-state index contributed by atoms with van der Waals surface area (Å²) in [6.07, 6.45) is 5.60. The molecule has 122 valence electrons. The van der Waals surface area contributed by atoms with Crippen LogP contribution in [0.5, 0.6) is 0 Å². The Morgan fingerprint density at radius 1 is 1.22 bits per heavy atom. The van der Waals surface area contributed by atoms with Crippen LogP contribution >= 0.6 is 11.3 Å². The first-order valence-corrected chi connectivity index (χ1v) is 9.39. The fraction of sp³-hybridized carbons (Fsp3) is 0.474. The first-order chi connectivity index (χ1) is 11.2. The first-order valence-electron chi connectivity index (χ1n) is 8.51. The van der Waals surface area contributed by atoms with Gasteiger partial charge in [0.15, 0.2) is 0 Å². The fourth-order valence-corrected chi connectivity index (χ4v) is 3.83. The average molecular weight is 328 g/mol. The third-order valence-corrected chi connectivity index (χ3v) is 5.64. The lowest BCUT2D eigenvalue weighted by Gasteiger charge is -2.26. The van der Waals surface area contributed by atoms with E-state index in [4.69, 9.17) is 0 Å². The maximum Gasteiger partial charge on any atom is 0.251 e. The van der Waals surface area contributed by atoms with Crippen molar-refractivity contribution in [2.75, 3.05) is 0 Å². The van der Waals surface area contributed by atoms with E-state index in [1.165, 1.54) is 12.8 Å². The molecule has 1 N–H and O–H groups in total. The van der Waals surface area contributed by atoms with Crippen LogP contribution in [0.4, 0.5) is 0 Å². The first kappa shape index (κ1) is 16.2. The number of hydrogen-bond donors (Lipinski definition) is 1. The Kier molecular flexibility index (Phi) is 5.11. The number of aryl methyl sites for hydroxylation is 1. The van der Waals surface area contributed by atoms with E-state index in [0.29, 0.717) is 6.04 Å². The van der Waals surface area contributed by atoms with Gasteiger partial charge in [-0.25, -0.2) is 4.98 Å². The highest BCUT2D eigenvalue weighted by atomic mass is 32.1. The van der Waals surface area contributed by atoms with Gasteiger partial charge in [-0.1, -0.05) is 26.0 Å². The molecule has 23 heavy (non-hydrogen) atoms. The number of amides is 1. The number of hydrogen-bond acceptors (Lipinski definition) is 3. The van der Waals surface area contributed by atoms with E-state index in [9.17, 15) is 4.79 Å². The lowest BCUT2D eigenvalue weighted by molar-refractivity contribution is 0.0923. The summed E-state index contributed by atoms with van der Waals surface area (Å²) in [6, 6.07) is 8.13. The Hall–Kier alpha value is -1.68. The summed E-state index contributed by atoms with van der Waals surface area (Å²) in [5.41, 5.74) is 2.81. The SMILES string of the molecule is CCc1nc(-c2ccc(C(=O)NC3CCC(C)CC3)cc2)cs1. The zero-order chi connectivity index (χ0) is 16.2. The number of carbonyl (C=O) groups excluding carboxylic acids is 1. The van der Waals surface area contributed by atoms with E-state index in [-0.39, 0.29) is 5.91 Å². The van der Waals surface area contributed by atoms with Crippen molar-refractivity contribution in [3.8, 4) is 11.3 Å². The van der Waals surface area contributed by atoms with Gasteiger partial charge in [0.05, 0.1) is 10.7 Å². The highest BCUT2D eigenvalue weighted by Crippen LogP contribution is 2.25. The van der Waals surface area contributed by atoms with Gasteiger partial charge in [0, 0.05) is 22.5 Å². The van der Waals surface area contributed by atoms with Gasteiger partial charge in [0.2, 0.25) is 0 Å². The second-order valence-corrected chi connectivity index (χ2v) is 7.43. The molecule has 2 aromatic rings. The molecule has 1 aromatic heterocycles. The van der Waals surface area contributed by atoms with Crippen molar-refractivity contribution in [3.05, 3.63) is 40.2 Å². The number of nitrogens with one attached hydrogen (secondary N) is 1. The van der Waals surface area contributed by atoms with Crippen molar-refractivity contribution < 1.29 is 4.79 Å². The van der Waals surface area contributed by atoms with Gasteiger partial charge in [0.25, 0.3) is 5.91 Å². The lowest BCUT2D eigenvalue weighted by Crippen LogP contribution is -2.37. The molecule has 0 radical (unpaired) electrons. The van der Waals surface area contributed by atoms with Crippen LogP contribution < -0.4 is 5.32 Å². The van der Waals surface area contributed by atoms with E-state index < -0.39 is 0 Å². The normalized spacial score (nSPS) is 21.1. The van der Waals surface area contributed by atoms with Crippen molar-refractivity contribution in [1.29, 1.82) is 0 Å². The van der Waals surface area contributed by atoms with E-state index in [1.807, 2.05) is 24.3 Å². The van der Waals surface area contributed by atoms with Gasteiger partial charge in [-0.3, -0.25) is 4.79 Å². The van der Waals surface area contributed by atoms with Crippen molar-refractivity contribution >= 4 is 17.2 Å². The van der Waals surface area contributed by atoms with E-state index in [1.54, 1.807) is 11.3 Å². The van der Waals surface area contributed by atoms with E-state index in [0.717, 1.165) is 47.0 Å². The highest BCUT2D eigenvalue weighted by molar-refractivity contribution is 7.09. The molecule has 0 spiro atoms. The van der Waals surface area contributed by atoms with Gasteiger partial charge in [-0.2, -0.15) is 0 Å². The third-order valence-electron chi connectivity index (χ3n) is 4.65. The van der Waals surface area contributed by atoms with Gasteiger partial charge in [-0.05, 0) is 50.2 Å². The Bertz CT molecular complexity index is 654. The van der Waals surface area contributed by atoms with Crippen LogP contribution in [0, 0.1) is 5.92 Å².